The molecule has 1 aromatic carbocycles. The summed E-state index contributed by atoms with van der Waals surface area (Å²) in [5.74, 6) is 0. The highest BCUT2D eigenvalue weighted by Crippen LogP contribution is 2.27. The van der Waals surface area contributed by atoms with Gasteiger partial charge in [-0.25, -0.2) is 0 Å². The molecule has 13 heavy (non-hydrogen) atoms. The van der Waals surface area contributed by atoms with Gasteiger partial charge in [-0.3, -0.25) is 5.10 Å². The molecule has 1 aromatic heterocycles. The monoisotopic (exact) mass is 193 g/mol. The van der Waals surface area contributed by atoms with Crippen molar-refractivity contribution in [1.29, 1.82) is 0 Å². The summed E-state index contributed by atoms with van der Waals surface area (Å²) < 4.78 is 0. The Kier molecular flexibility index (Phi) is 1.94. The lowest BCUT2D eigenvalue weighted by molar-refractivity contribution is 1.09. The van der Waals surface area contributed by atoms with Crippen molar-refractivity contribution in [3.63, 3.8) is 0 Å². The largest absolute Gasteiger partial charge is 0.398 e. The van der Waals surface area contributed by atoms with Crippen LogP contribution < -0.4 is 5.73 Å². The SMILES string of the molecule is Nc1ccc(Cl)cc1-c1cn[nH]c1. The van der Waals surface area contributed by atoms with Crippen molar-refractivity contribution in [3.8, 4) is 11.1 Å². The van der Waals surface area contributed by atoms with Crippen LogP contribution in [0.5, 0.6) is 0 Å². The van der Waals surface area contributed by atoms with Crippen LogP contribution in [-0.4, -0.2) is 10.2 Å². The first-order valence-corrected chi connectivity index (χ1v) is 4.19. The van der Waals surface area contributed by atoms with Crippen molar-refractivity contribution >= 4 is 17.3 Å². The number of anilines is 1. The van der Waals surface area contributed by atoms with E-state index in [4.69, 9.17) is 17.3 Å². The number of hydrogen-bond acceptors (Lipinski definition) is 2. The van der Waals surface area contributed by atoms with Gasteiger partial charge in [0.15, 0.2) is 0 Å². The highest BCUT2D eigenvalue weighted by Gasteiger charge is 2.03. The van der Waals surface area contributed by atoms with E-state index in [0.29, 0.717) is 10.7 Å². The summed E-state index contributed by atoms with van der Waals surface area (Å²) in [6, 6.07) is 5.37. The number of H-pyrrole nitrogens is 1. The maximum atomic E-state index is 5.85. The normalized spacial score (nSPS) is 10.2. The molecule has 0 fully saturated rings. The topological polar surface area (TPSA) is 54.7 Å². The molecule has 0 radical (unpaired) electrons. The van der Waals surface area contributed by atoms with Crippen molar-refractivity contribution in [2.75, 3.05) is 5.73 Å². The summed E-state index contributed by atoms with van der Waals surface area (Å²) >= 11 is 5.85. The van der Waals surface area contributed by atoms with Crippen molar-refractivity contribution in [3.05, 3.63) is 35.6 Å². The molecule has 0 spiro atoms. The maximum absolute atomic E-state index is 5.85. The smallest absolute Gasteiger partial charge is 0.0566 e. The average molecular weight is 194 g/mol. The molecular formula is C9H8ClN3. The minimum Gasteiger partial charge on any atom is -0.398 e. The van der Waals surface area contributed by atoms with Crippen molar-refractivity contribution in [2.45, 2.75) is 0 Å². The van der Waals surface area contributed by atoms with Crippen LogP contribution in [0, 0.1) is 0 Å². The number of nitrogen functional groups attached to an aromatic ring is 1. The fraction of sp³-hybridized carbons (Fsp3) is 0. The lowest BCUT2D eigenvalue weighted by Gasteiger charge is -2.02. The number of hydrogen-bond donors (Lipinski definition) is 2. The number of aromatic nitrogens is 2. The van der Waals surface area contributed by atoms with Gasteiger partial charge in [-0.15, -0.1) is 0 Å². The molecule has 2 aromatic rings. The molecule has 3 N–H and O–H groups in total. The van der Waals surface area contributed by atoms with E-state index in [1.54, 1.807) is 24.5 Å². The molecule has 66 valence electrons. The van der Waals surface area contributed by atoms with Gasteiger partial charge in [0.05, 0.1) is 6.20 Å². The fourth-order valence-electron chi connectivity index (χ4n) is 1.18. The molecular weight excluding hydrogens is 186 g/mol. The zero-order valence-electron chi connectivity index (χ0n) is 6.79. The Morgan fingerprint density at radius 1 is 1.38 bits per heavy atom. The predicted molar refractivity (Wildman–Crippen MR) is 53.4 cm³/mol. The fourth-order valence-corrected chi connectivity index (χ4v) is 1.35. The number of nitrogens with two attached hydrogens (primary N) is 1. The van der Waals surface area contributed by atoms with Crippen molar-refractivity contribution in [2.24, 2.45) is 0 Å². The minimum absolute atomic E-state index is 0.672. The summed E-state index contributed by atoms with van der Waals surface area (Å²) in [5.41, 5.74) is 8.33. The van der Waals surface area contributed by atoms with Gasteiger partial charge in [-0.2, -0.15) is 5.10 Å². The predicted octanol–water partition coefficient (Wildman–Crippen LogP) is 2.31. The van der Waals surface area contributed by atoms with E-state index >= 15 is 0 Å². The lowest BCUT2D eigenvalue weighted by Crippen LogP contribution is -1.88. The number of nitrogens with one attached hydrogen (secondary N) is 1. The second kappa shape index (κ2) is 3.11. The molecule has 0 saturated carbocycles. The Hall–Kier alpha value is -1.48. The molecule has 0 bridgehead atoms. The van der Waals surface area contributed by atoms with Gasteiger partial charge >= 0.3 is 0 Å². The first-order valence-electron chi connectivity index (χ1n) is 3.81. The van der Waals surface area contributed by atoms with Gasteiger partial charge in [0, 0.05) is 28.0 Å². The molecule has 0 aliphatic rings. The Morgan fingerprint density at radius 2 is 2.23 bits per heavy atom. The zero-order valence-corrected chi connectivity index (χ0v) is 7.55. The van der Waals surface area contributed by atoms with Gasteiger partial charge in [0.2, 0.25) is 0 Å². The molecule has 1 heterocycles. The summed E-state index contributed by atoms with van der Waals surface area (Å²) in [7, 11) is 0. The second-order valence-corrected chi connectivity index (χ2v) is 3.15. The Morgan fingerprint density at radius 3 is 2.92 bits per heavy atom. The van der Waals surface area contributed by atoms with E-state index in [9.17, 15) is 0 Å². The molecule has 0 saturated heterocycles. The van der Waals surface area contributed by atoms with Gasteiger partial charge in [0.1, 0.15) is 0 Å². The van der Waals surface area contributed by atoms with Crippen molar-refractivity contribution in [1.82, 2.24) is 10.2 Å². The van der Waals surface area contributed by atoms with E-state index in [1.165, 1.54) is 0 Å². The van der Waals surface area contributed by atoms with Gasteiger partial charge in [-0.05, 0) is 18.2 Å². The first-order chi connectivity index (χ1) is 6.27. The Bertz CT molecular complexity index is 409. The highest BCUT2D eigenvalue weighted by atomic mass is 35.5. The van der Waals surface area contributed by atoms with E-state index in [1.807, 2.05) is 6.07 Å². The number of nitrogens with zero attached hydrogens (tertiary/aromatic N) is 1. The van der Waals surface area contributed by atoms with E-state index in [2.05, 4.69) is 10.2 Å². The van der Waals surface area contributed by atoms with Crippen LogP contribution in [0.3, 0.4) is 0 Å². The Balaban J connectivity index is 2.57. The molecule has 0 amide bonds. The number of benzene rings is 1. The Labute approximate surface area is 80.5 Å². The van der Waals surface area contributed by atoms with Crippen LogP contribution in [-0.2, 0) is 0 Å². The second-order valence-electron chi connectivity index (χ2n) is 2.72. The average Bonchev–Trinajstić information content (AvgIpc) is 2.61. The van der Waals surface area contributed by atoms with Gasteiger partial charge in [0.25, 0.3) is 0 Å². The molecule has 0 aliphatic carbocycles. The van der Waals surface area contributed by atoms with E-state index < -0.39 is 0 Å². The van der Waals surface area contributed by atoms with Crippen LogP contribution in [0.4, 0.5) is 5.69 Å². The van der Waals surface area contributed by atoms with Crippen LogP contribution in [0.2, 0.25) is 5.02 Å². The number of halogens is 1. The molecule has 2 rings (SSSR count). The quantitative estimate of drug-likeness (QED) is 0.683. The highest BCUT2D eigenvalue weighted by molar-refractivity contribution is 6.31. The minimum atomic E-state index is 0.672. The van der Waals surface area contributed by atoms with Gasteiger partial charge in [-0.1, -0.05) is 11.6 Å². The van der Waals surface area contributed by atoms with Crippen LogP contribution in [0.15, 0.2) is 30.6 Å². The van der Waals surface area contributed by atoms with Gasteiger partial charge < -0.3 is 5.73 Å². The third-order valence-corrected chi connectivity index (χ3v) is 2.06. The molecule has 4 heteroatoms. The third kappa shape index (κ3) is 1.51. The first kappa shape index (κ1) is 8.13. The van der Waals surface area contributed by atoms with Crippen LogP contribution >= 0.6 is 11.6 Å². The number of rotatable bonds is 1. The molecule has 0 atom stereocenters. The van der Waals surface area contributed by atoms with E-state index in [-0.39, 0.29) is 0 Å². The molecule has 3 nitrogen and oxygen atoms in total. The maximum Gasteiger partial charge on any atom is 0.0566 e. The zero-order chi connectivity index (χ0) is 9.26. The third-order valence-electron chi connectivity index (χ3n) is 1.82. The summed E-state index contributed by atoms with van der Waals surface area (Å²) in [4.78, 5) is 0. The summed E-state index contributed by atoms with van der Waals surface area (Å²) in [6.07, 6.45) is 3.49. The van der Waals surface area contributed by atoms with Crippen LogP contribution in [0.1, 0.15) is 0 Å². The van der Waals surface area contributed by atoms with Crippen LogP contribution in [0.25, 0.3) is 11.1 Å². The number of aromatic amines is 1. The summed E-state index contributed by atoms with van der Waals surface area (Å²) in [6.45, 7) is 0. The van der Waals surface area contributed by atoms with E-state index in [0.717, 1.165) is 11.1 Å². The standard InChI is InChI=1S/C9H8ClN3/c10-7-1-2-9(11)8(3-7)6-4-12-13-5-6/h1-5H,11H2,(H,12,13). The van der Waals surface area contributed by atoms with Crippen molar-refractivity contribution < 1.29 is 0 Å². The molecule has 0 aliphatic heterocycles. The summed E-state index contributed by atoms with van der Waals surface area (Å²) in [5, 5.41) is 7.24. The lowest BCUT2D eigenvalue weighted by atomic mass is 10.1. The molecule has 0 unspecified atom stereocenters.